The first kappa shape index (κ1) is 19.2. The summed E-state index contributed by atoms with van der Waals surface area (Å²) in [5.41, 5.74) is 8.84. The minimum atomic E-state index is -1.05. The second kappa shape index (κ2) is 8.51. The van der Waals surface area contributed by atoms with Gasteiger partial charge in [-0.1, -0.05) is 36.4 Å². The highest BCUT2D eigenvalue weighted by Gasteiger charge is 2.42. The number of hydrogen-bond acceptors (Lipinski definition) is 5. The number of benzene rings is 1. The summed E-state index contributed by atoms with van der Waals surface area (Å²) in [6, 6.07) is 17.9. The quantitative estimate of drug-likeness (QED) is 0.701. The maximum absolute atomic E-state index is 12.5. The molecule has 1 amide bonds. The minimum absolute atomic E-state index is 0.426. The first-order chi connectivity index (χ1) is 14.1. The van der Waals surface area contributed by atoms with Crippen molar-refractivity contribution in [2.24, 2.45) is 5.73 Å². The highest BCUT2D eigenvalue weighted by atomic mass is 16.5. The predicted molar refractivity (Wildman–Crippen MR) is 111 cm³/mol. The molecule has 6 nitrogen and oxygen atoms in total. The molecule has 1 fully saturated rings. The Hall–Kier alpha value is -3.09. The van der Waals surface area contributed by atoms with Crippen molar-refractivity contribution in [3.8, 4) is 11.1 Å². The van der Waals surface area contributed by atoms with E-state index in [1.165, 1.54) is 0 Å². The third kappa shape index (κ3) is 4.50. The van der Waals surface area contributed by atoms with Gasteiger partial charge < -0.3 is 10.5 Å². The van der Waals surface area contributed by atoms with E-state index in [9.17, 15) is 4.79 Å². The molecule has 2 aromatic heterocycles. The summed E-state index contributed by atoms with van der Waals surface area (Å²) in [6.45, 7) is 2.30. The average Bonchev–Trinajstić information content (AvgIpc) is 2.75. The largest absolute Gasteiger partial charge is 0.367 e. The Morgan fingerprint density at radius 3 is 2.76 bits per heavy atom. The molecular weight excluding hydrogens is 364 g/mol. The molecule has 3 heterocycles. The van der Waals surface area contributed by atoms with Crippen LogP contribution in [-0.2, 0) is 22.5 Å². The van der Waals surface area contributed by atoms with Gasteiger partial charge in [-0.3, -0.25) is 19.7 Å². The molecule has 1 saturated heterocycles. The molecule has 3 aromatic rings. The average molecular weight is 388 g/mol. The molecule has 0 bridgehead atoms. The molecule has 148 valence electrons. The Labute approximate surface area is 170 Å². The van der Waals surface area contributed by atoms with E-state index < -0.39 is 11.5 Å². The first-order valence-corrected chi connectivity index (χ1v) is 9.70. The van der Waals surface area contributed by atoms with Gasteiger partial charge in [-0.05, 0) is 34.9 Å². The molecule has 0 saturated carbocycles. The first-order valence-electron chi connectivity index (χ1n) is 9.70. The van der Waals surface area contributed by atoms with E-state index in [0.29, 0.717) is 26.1 Å². The van der Waals surface area contributed by atoms with Crippen molar-refractivity contribution in [2.75, 3.05) is 19.7 Å². The Kier molecular flexibility index (Phi) is 5.64. The molecule has 1 aromatic carbocycles. The number of primary amides is 1. The van der Waals surface area contributed by atoms with Crippen LogP contribution < -0.4 is 5.73 Å². The Balaban J connectivity index is 1.55. The number of carbonyl (C=O) groups excluding carboxylic acids is 1. The zero-order valence-electron chi connectivity index (χ0n) is 16.2. The number of aromatic nitrogens is 2. The van der Waals surface area contributed by atoms with Crippen LogP contribution in [0.25, 0.3) is 11.1 Å². The Morgan fingerprint density at radius 1 is 1.10 bits per heavy atom. The van der Waals surface area contributed by atoms with Crippen molar-refractivity contribution in [1.29, 1.82) is 0 Å². The molecular formula is C23H24N4O2. The van der Waals surface area contributed by atoms with E-state index in [1.54, 1.807) is 12.4 Å². The number of nitrogens with zero attached hydrogens (tertiary/aromatic N) is 3. The molecule has 1 aliphatic heterocycles. The molecule has 0 radical (unpaired) electrons. The van der Waals surface area contributed by atoms with Crippen LogP contribution in [-0.4, -0.2) is 46.1 Å². The van der Waals surface area contributed by atoms with Crippen LogP contribution in [0.1, 0.15) is 11.3 Å². The zero-order valence-corrected chi connectivity index (χ0v) is 16.2. The number of hydrogen-bond donors (Lipinski definition) is 1. The van der Waals surface area contributed by atoms with Gasteiger partial charge in [0.25, 0.3) is 5.91 Å². The molecule has 0 aliphatic carbocycles. The summed E-state index contributed by atoms with van der Waals surface area (Å²) < 4.78 is 6.00. The number of nitrogens with two attached hydrogens (primary N) is 1. The van der Waals surface area contributed by atoms with Crippen molar-refractivity contribution in [3.05, 3.63) is 84.4 Å². The van der Waals surface area contributed by atoms with Crippen molar-refractivity contribution in [2.45, 2.75) is 18.6 Å². The van der Waals surface area contributed by atoms with Crippen molar-refractivity contribution >= 4 is 5.91 Å². The Bertz CT molecular complexity index is 965. The molecule has 2 N–H and O–H groups in total. The summed E-state index contributed by atoms with van der Waals surface area (Å²) in [4.78, 5) is 23.2. The van der Waals surface area contributed by atoms with E-state index in [-0.39, 0.29) is 0 Å². The molecule has 1 atom stereocenters. The molecule has 0 spiro atoms. The van der Waals surface area contributed by atoms with Gasteiger partial charge in [0.15, 0.2) is 5.60 Å². The predicted octanol–water partition coefficient (Wildman–Crippen LogP) is 2.44. The highest BCUT2D eigenvalue weighted by molar-refractivity contribution is 5.84. The zero-order chi connectivity index (χ0) is 20.1. The maximum Gasteiger partial charge on any atom is 0.251 e. The highest BCUT2D eigenvalue weighted by Crippen LogP contribution is 2.27. The SMILES string of the molecule is NC(=O)[C@@]1(Cc2cccc(-c3cccnc3)c2)CN(Cc2ccccn2)CCO1. The summed E-state index contributed by atoms with van der Waals surface area (Å²) in [7, 11) is 0. The number of carbonyl (C=O) groups is 1. The van der Waals surface area contributed by atoms with Crippen LogP contribution in [0, 0.1) is 0 Å². The molecule has 0 unspecified atom stereocenters. The van der Waals surface area contributed by atoms with E-state index in [1.807, 2.05) is 54.7 Å². The van der Waals surface area contributed by atoms with Gasteiger partial charge in [-0.25, -0.2) is 0 Å². The fourth-order valence-corrected chi connectivity index (χ4v) is 3.78. The number of amides is 1. The summed E-state index contributed by atoms with van der Waals surface area (Å²) in [5.74, 6) is -0.435. The van der Waals surface area contributed by atoms with Crippen LogP contribution in [0.15, 0.2) is 73.2 Å². The maximum atomic E-state index is 12.5. The topological polar surface area (TPSA) is 81.3 Å². The second-order valence-corrected chi connectivity index (χ2v) is 7.36. The molecule has 6 heteroatoms. The van der Waals surface area contributed by atoms with E-state index in [2.05, 4.69) is 20.9 Å². The van der Waals surface area contributed by atoms with Gasteiger partial charge in [-0.15, -0.1) is 0 Å². The lowest BCUT2D eigenvalue weighted by Gasteiger charge is -2.40. The normalized spacial score (nSPS) is 19.7. The van der Waals surface area contributed by atoms with Crippen LogP contribution in [0.3, 0.4) is 0 Å². The van der Waals surface area contributed by atoms with E-state index in [4.69, 9.17) is 10.5 Å². The van der Waals surface area contributed by atoms with Gasteiger partial charge in [0, 0.05) is 44.6 Å². The van der Waals surface area contributed by atoms with Crippen molar-refractivity contribution in [3.63, 3.8) is 0 Å². The number of morpholine rings is 1. The number of pyridine rings is 2. The van der Waals surface area contributed by atoms with Gasteiger partial charge in [-0.2, -0.15) is 0 Å². The summed E-state index contributed by atoms with van der Waals surface area (Å²) in [5, 5.41) is 0. The van der Waals surface area contributed by atoms with Crippen molar-refractivity contribution in [1.82, 2.24) is 14.9 Å². The fraction of sp³-hybridized carbons (Fsp3) is 0.261. The smallest absolute Gasteiger partial charge is 0.251 e. The minimum Gasteiger partial charge on any atom is -0.367 e. The van der Waals surface area contributed by atoms with Gasteiger partial charge in [0.05, 0.1) is 12.3 Å². The third-order valence-electron chi connectivity index (χ3n) is 5.24. The molecule has 29 heavy (non-hydrogen) atoms. The van der Waals surface area contributed by atoms with Crippen LogP contribution in [0.2, 0.25) is 0 Å². The summed E-state index contributed by atoms with van der Waals surface area (Å²) in [6.07, 6.45) is 5.78. The fourth-order valence-electron chi connectivity index (χ4n) is 3.78. The van der Waals surface area contributed by atoms with Gasteiger partial charge in [0.2, 0.25) is 0 Å². The number of rotatable bonds is 6. The van der Waals surface area contributed by atoms with Crippen molar-refractivity contribution < 1.29 is 9.53 Å². The monoisotopic (exact) mass is 388 g/mol. The lowest BCUT2D eigenvalue weighted by atomic mass is 9.90. The second-order valence-electron chi connectivity index (χ2n) is 7.36. The van der Waals surface area contributed by atoms with Crippen LogP contribution in [0.4, 0.5) is 0 Å². The third-order valence-corrected chi connectivity index (χ3v) is 5.24. The lowest BCUT2D eigenvalue weighted by molar-refractivity contribution is -0.157. The van der Waals surface area contributed by atoms with Gasteiger partial charge >= 0.3 is 0 Å². The van der Waals surface area contributed by atoms with E-state index >= 15 is 0 Å². The Morgan fingerprint density at radius 2 is 2.00 bits per heavy atom. The van der Waals surface area contributed by atoms with Crippen LogP contribution in [0.5, 0.6) is 0 Å². The molecule has 4 rings (SSSR count). The summed E-state index contributed by atoms with van der Waals surface area (Å²) >= 11 is 0. The van der Waals surface area contributed by atoms with Crippen LogP contribution >= 0.6 is 0 Å². The van der Waals surface area contributed by atoms with Gasteiger partial charge in [0.1, 0.15) is 0 Å². The van der Waals surface area contributed by atoms with E-state index in [0.717, 1.165) is 28.9 Å². The lowest BCUT2D eigenvalue weighted by Crippen LogP contribution is -2.59. The number of ether oxygens (including phenoxy) is 1. The standard InChI is InChI=1S/C23H24N4O2/c24-22(28)23(17-27(11-12-29-23)16-21-8-1-2-10-26-21)14-18-5-3-6-19(13-18)20-7-4-9-25-15-20/h1-10,13,15H,11-12,14,16-17H2,(H2,24,28)/t23-/m1/s1. The molecule has 1 aliphatic rings.